The lowest BCUT2D eigenvalue weighted by molar-refractivity contribution is 0.0936. The number of aromatic nitrogens is 3. The molecule has 5 nitrogen and oxygen atoms in total. The molecular weight excluding hydrogens is 360 g/mol. The van der Waals surface area contributed by atoms with Crippen molar-refractivity contribution < 1.29 is 4.79 Å². The molecule has 6 heteroatoms. The van der Waals surface area contributed by atoms with Crippen molar-refractivity contribution in [2.45, 2.75) is 6.04 Å². The highest BCUT2D eigenvalue weighted by molar-refractivity contribution is 6.30. The average molecular weight is 377 g/mol. The lowest BCUT2D eigenvalue weighted by Gasteiger charge is -2.19. The SMILES string of the molecule is Cn1ccnc1[C@H](NC(=O)c1ccc2ccccc2n1)c1ccc(Cl)cc1. The fourth-order valence-electron chi connectivity index (χ4n) is 3.01. The maximum atomic E-state index is 12.9. The van der Waals surface area contributed by atoms with Crippen molar-refractivity contribution in [1.82, 2.24) is 19.9 Å². The number of fused-ring (bicyclic) bond motifs is 1. The van der Waals surface area contributed by atoms with Crippen LogP contribution >= 0.6 is 11.6 Å². The van der Waals surface area contributed by atoms with Crippen LogP contribution < -0.4 is 5.32 Å². The van der Waals surface area contributed by atoms with E-state index in [0.717, 1.165) is 22.3 Å². The molecule has 0 fully saturated rings. The number of aryl methyl sites for hydroxylation is 1. The lowest BCUT2D eigenvalue weighted by Crippen LogP contribution is -2.31. The molecule has 1 amide bonds. The van der Waals surface area contributed by atoms with Crippen molar-refractivity contribution in [2.24, 2.45) is 7.05 Å². The zero-order valence-corrected chi connectivity index (χ0v) is 15.4. The molecule has 0 aliphatic carbocycles. The van der Waals surface area contributed by atoms with Crippen LogP contribution in [0.15, 0.2) is 73.1 Å². The number of carbonyl (C=O) groups excluding carboxylic acids is 1. The van der Waals surface area contributed by atoms with Crippen LogP contribution in [0.5, 0.6) is 0 Å². The number of rotatable bonds is 4. The van der Waals surface area contributed by atoms with E-state index < -0.39 is 6.04 Å². The quantitative estimate of drug-likeness (QED) is 0.582. The molecule has 0 aliphatic rings. The standard InChI is InChI=1S/C21H17ClN4O/c1-26-13-12-23-20(26)19(15-6-9-16(22)10-7-15)25-21(27)18-11-8-14-4-2-3-5-17(14)24-18/h2-13,19H,1H3,(H,25,27)/t19-/m1/s1. The van der Waals surface area contributed by atoms with E-state index in [2.05, 4.69) is 15.3 Å². The molecule has 134 valence electrons. The van der Waals surface area contributed by atoms with Gasteiger partial charge >= 0.3 is 0 Å². The van der Waals surface area contributed by atoms with E-state index >= 15 is 0 Å². The highest BCUT2D eigenvalue weighted by atomic mass is 35.5. The van der Waals surface area contributed by atoms with Crippen molar-refractivity contribution in [3.8, 4) is 0 Å². The minimum atomic E-state index is -0.414. The molecule has 0 saturated carbocycles. The molecule has 4 aromatic rings. The second-order valence-corrected chi connectivity index (χ2v) is 6.68. The molecular formula is C21H17ClN4O. The van der Waals surface area contributed by atoms with Gasteiger partial charge in [0, 0.05) is 29.9 Å². The molecule has 4 rings (SSSR count). The number of halogens is 1. The van der Waals surface area contributed by atoms with E-state index in [1.165, 1.54) is 0 Å². The summed E-state index contributed by atoms with van der Waals surface area (Å²) in [5.41, 5.74) is 2.04. The van der Waals surface area contributed by atoms with Crippen molar-refractivity contribution in [3.63, 3.8) is 0 Å². The zero-order valence-electron chi connectivity index (χ0n) is 14.6. The minimum Gasteiger partial charge on any atom is -0.337 e. The first-order chi connectivity index (χ1) is 13.1. The summed E-state index contributed by atoms with van der Waals surface area (Å²) in [6.07, 6.45) is 3.55. The van der Waals surface area contributed by atoms with Crippen LogP contribution in [-0.2, 0) is 7.05 Å². The van der Waals surface area contributed by atoms with Gasteiger partial charge in [-0.1, -0.05) is 48.0 Å². The number of pyridine rings is 1. The Morgan fingerprint density at radius 3 is 2.59 bits per heavy atom. The monoisotopic (exact) mass is 376 g/mol. The van der Waals surface area contributed by atoms with Crippen LogP contribution in [0.1, 0.15) is 27.9 Å². The van der Waals surface area contributed by atoms with Gasteiger partial charge in [0.15, 0.2) is 0 Å². The number of hydrogen-bond acceptors (Lipinski definition) is 3. The summed E-state index contributed by atoms with van der Waals surface area (Å²) < 4.78 is 1.88. The number of nitrogens with one attached hydrogen (secondary N) is 1. The molecule has 1 N–H and O–H groups in total. The summed E-state index contributed by atoms with van der Waals surface area (Å²) in [5, 5.41) is 4.68. The van der Waals surface area contributed by atoms with Crippen molar-refractivity contribution >= 4 is 28.4 Å². The predicted octanol–water partition coefficient (Wildman–Crippen LogP) is 4.14. The van der Waals surface area contributed by atoms with Crippen molar-refractivity contribution in [1.29, 1.82) is 0 Å². The highest BCUT2D eigenvalue weighted by Crippen LogP contribution is 2.23. The maximum absolute atomic E-state index is 12.9. The summed E-state index contributed by atoms with van der Waals surface area (Å²) in [6, 6.07) is 18.3. The second-order valence-electron chi connectivity index (χ2n) is 6.24. The van der Waals surface area contributed by atoms with Crippen LogP contribution in [0, 0.1) is 0 Å². The normalized spacial score (nSPS) is 12.1. The van der Waals surface area contributed by atoms with Gasteiger partial charge in [-0.3, -0.25) is 4.79 Å². The number of nitrogens with zero attached hydrogens (tertiary/aromatic N) is 3. The lowest BCUT2D eigenvalue weighted by atomic mass is 10.1. The molecule has 2 heterocycles. The Labute approximate surface area is 161 Å². The fourth-order valence-corrected chi connectivity index (χ4v) is 3.13. The van der Waals surface area contributed by atoms with Crippen molar-refractivity contribution in [3.05, 3.63) is 95.2 Å². The molecule has 0 bridgehead atoms. The molecule has 0 saturated heterocycles. The van der Waals surface area contributed by atoms with Crippen LogP contribution in [0.4, 0.5) is 0 Å². The van der Waals surface area contributed by atoms with E-state index in [4.69, 9.17) is 11.6 Å². The third-order valence-corrected chi connectivity index (χ3v) is 4.68. The van der Waals surface area contributed by atoms with Gasteiger partial charge < -0.3 is 9.88 Å². The van der Waals surface area contributed by atoms with E-state index in [-0.39, 0.29) is 5.91 Å². The summed E-state index contributed by atoms with van der Waals surface area (Å²) in [5.74, 6) is 0.468. The largest absolute Gasteiger partial charge is 0.337 e. The first kappa shape index (κ1) is 17.2. The van der Waals surface area contributed by atoms with Gasteiger partial charge in [-0.25, -0.2) is 9.97 Å². The van der Waals surface area contributed by atoms with E-state index in [0.29, 0.717) is 10.7 Å². The van der Waals surface area contributed by atoms with E-state index in [1.807, 2.05) is 60.3 Å². The predicted molar refractivity (Wildman–Crippen MR) is 106 cm³/mol. The third kappa shape index (κ3) is 3.55. The van der Waals surface area contributed by atoms with Gasteiger partial charge in [0.2, 0.25) is 0 Å². The Kier molecular flexibility index (Phi) is 4.60. The Bertz CT molecular complexity index is 1100. The topological polar surface area (TPSA) is 59.8 Å². The Morgan fingerprint density at radius 1 is 1.07 bits per heavy atom. The first-order valence-electron chi connectivity index (χ1n) is 8.51. The van der Waals surface area contributed by atoms with E-state index in [9.17, 15) is 4.79 Å². The minimum absolute atomic E-state index is 0.260. The van der Waals surface area contributed by atoms with Crippen LogP contribution in [0.2, 0.25) is 5.02 Å². The van der Waals surface area contributed by atoms with Crippen LogP contribution in [0.3, 0.4) is 0 Å². The average Bonchev–Trinajstić information content (AvgIpc) is 3.12. The maximum Gasteiger partial charge on any atom is 0.270 e. The van der Waals surface area contributed by atoms with Gasteiger partial charge in [0.05, 0.1) is 5.52 Å². The number of para-hydroxylation sites is 1. The summed E-state index contributed by atoms with van der Waals surface area (Å²) >= 11 is 6.01. The summed E-state index contributed by atoms with van der Waals surface area (Å²) in [7, 11) is 1.89. The number of carbonyl (C=O) groups is 1. The molecule has 1 atom stereocenters. The number of imidazole rings is 1. The molecule has 27 heavy (non-hydrogen) atoms. The van der Waals surface area contributed by atoms with Gasteiger partial charge in [-0.05, 0) is 29.8 Å². The van der Waals surface area contributed by atoms with Crippen molar-refractivity contribution in [2.75, 3.05) is 0 Å². The fraction of sp³-hybridized carbons (Fsp3) is 0.0952. The summed E-state index contributed by atoms with van der Waals surface area (Å²) in [4.78, 5) is 21.8. The Morgan fingerprint density at radius 2 is 1.85 bits per heavy atom. The molecule has 0 radical (unpaired) electrons. The molecule has 2 aromatic heterocycles. The molecule has 0 aliphatic heterocycles. The molecule has 0 spiro atoms. The zero-order chi connectivity index (χ0) is 18.8. The first-order valence-corrected chi connectivity index (χ1v) is 8.89. The smallest absolute Gasteiger partial charge is 0.270 e. The number of hydrogen-bond donors (Lipinski definition) is 1. The van der Waals surface area contributed by atoms with Gasteiger partial charge in [0.1, 0.15) is 17.6 Å². The molecule has 0 unspecified atom stereocenters. The number of amides is 1. The van der Waals surface area contributed by atoms with Crippen LogP contribution in [-0.4, -0.2) is 20.4 Å². The Hall–Kier alpha value is -3.18. The Balaban J connectivity index is 1.69. The van der Waals surface area contributed by atoms with Gasteiger partial charge in [0.25, 0.3) is 5.91 Å². The third-order valence-electron chi connectivity index (χ3n) is 4.43. The van der Waals surface area contributed by atoms with Gasteiger partial charge in [-0.2, -0.15) is 0 Å². The number of benzene rings is 2. The highest BCUT2D eigenvalue weighted by Gasteiger charge is 2.22. The molecule has 2 aromatic carbocycles. The summed E-state index contributed by atoms with van der Waals surface area (Å²) in [6.45, 7) is 0. The van der Waals surface area contributed by atoms with Gasteiger partial charge in [-0.15, -0.1) is 0 Å². The second kappa shape index (κ2) is 7.21. The van der Waals surface area contributed by atoms with E-state index in [1.54, 1.807) is 24.4 Å². The van der Waals surface area contributed by atoms with Crippen LogP contribution in [0.25, 0.3) is 10.9 Å².